The molecule has 2 rings (SSSR count). The largest absolute Gasteiger partial charge is 0.447 e. The normalized spacial score (nSPS) is 9.69. The van der Waals surface area contributed by atoms with Crippen LogP contribution in [0.5, 0.6) is 0 Å². The highest BCUT2D eigenvalue weighted by Crippen LogP contribution is 2.13. The molecule has 0 saturated heterocycles. The van der Waals surface area contributed by atoms with E-state index < -0.39 is 5.97 Å². The Balaban J connectivity index is 2.33. The predicted octanol–water partition coefficient (Wildman–Crippen LogP) is 1.92. The number of esters is 1. The van der Waals surface area contributed by atoms with Crippen molar-refractivity contribution in [3.8, 4) is 6.07 Å². The molecule has 0 aliphatic rings. The molecule has 0 amide bonds. The fourth-order valence-corrected chi connectivity index (χ4v) is 1.36. The summed E-state index contributed by atoms with van der Waals surface area (Å²) in [5, 5.41) is 9.16. The quantitative estimate of drug-likeness (QED) is 0.713. The number of pyridine rings is 1. The Morgan fingerprint density at radius 1 is 1.44 bits per heavy atom. The van der Waals surface area contributed by atoms with E-state index in [0.29, 0.717) is 5.56 Å². The molecule has 0 aliphatic heterocycles. The molecule has 0 fully saturated rings. The van der Waals surface area contributed by atoms with E-state index in [-0.39, 0.29) is 6.61 Å². The van der Waals surface area contributed by atoms with Crippen LogP contribution >= 0.6 is 0 Å². The first kappa shape index (κ1) is 10.1. The standard InChI is InChI=1S/C12H8N2O2/c13-5-6-16-12(15)10-7-9-3-1-2-4-11(9)14-8-10/h1-4,7-8H,6H2. The number of ether oxygens (including phenoxy) is 1. The minimum atomic E-state index is -0.528. The van der Waals surface area contributed by atoms with E-state index in [4.69, 9.17) is 5.26 Å². The summed E-state index contributed by atoms with van der Waals surface area (Å²) in [5.74, 6) is -0.528. The number of benzene rings is 1. The highest BCUT2D eigenvalue weighted by Gasteiger charge is 2.07. The summed E-state index contributed by atoms with van der Waals surface area (Å²) in [5.41, 5.74) is 1.17. The van der Waals surface area contributed by atoms with Gasteiger partial charge < -0.3 is 4.74 Å². The highest BCUT2D eigenvalue weighted by atomic mass is 16.5. The maximum Gasteiger partial charge on any atom is 0.340 e. The molecule has 0 saturated carbocycles. The van der Waals surface area contributed by atoms with Crippen molar-refractivity contribution in [2.45, 2.75) is 0 Å². The van der Waals surface area contributed by atoms with Gasteiger partial charge in [-0.2, -0.15) is 5.26 Å². The van der Waals surface area contributed by atoms with Gasteiger partial charge in [-0.05, 0) is 12.1 Å². The Labute approximate surface area is 92.1 Å². The van der Waals surface area contributed by atoms with Crippen LogP contribution in [-0.2, 0) is 4.74 Å². The number of para-hydroxylation sites is 1. The first-order valence-corrected chi connectivity index (χ1v) is 4.70. The van der Waals surface area contributed by atoms with Gasteiger partial charge in [-0.1, -0.05) is 18.2 Å². The van der Waals surface area contributed by atoms with Crippen LogP contribution in [0.25, 0.3) is 10.9 Å². The van der Waals surface area contributed by atoms with Crippen molar-refractivity contribution in [2.75, 3.05) is 6.61 Å². The van der Waals surface area contributed by atoms with Gasteiger partial charge in [0.25, 0.3) is 0 Å². The molecule has 1 aromatic carbocycles. The number of rotatable bonds is 2. The third-order valence-corrected chi connectivity index (χ3v) is 2.09. The summed E-state index contributed by atoms with van der Waals surface area (Å²) < 4.78 is 4.69. The van der Waals surface area contributed by atoms with Crippen LogP contribution in [0.3, 0.4) is 0 Å². The van der Waals surface area contributed by atoms with Gasteiger partial charge in [0.1, 0.15) is 6.07 Å². The molecule has 0 bridgehead atoms. The van der Waals surface area contributed by atoms with Gasteiger partial charge in [-0.3, -0.25) is 4.98 Å². The number of fused-ring (bicyclic) bond motifs is 1. The molecule has 0 aliphatic carbocycles. The van der Waals surface area contributed by atoms with Gasteiger partial charge in [0.2, 0.25) is 0 Å². The number of nitrogens with zero attached hydrogens (tertiary/aromatic N) is 2. The summed E-state index contributed by atoms with van der Waals surface area (Å²) in [6.07, 6.45) is 1.45. The van der Waals surface area contributed by atoms with E-state index in [1.807, 2.05) is 24.3 Å². The number of aromatic nitrogens is 1. The molecular formula is C12H8N2O2. The molecule has 4 heteroatoms. The monoisotopic (exact) mass is 212 g/mol. The lowest BCUT2D eigenvalue weighted by molar-refractivity contribution is 0.0555. The Bertz CT molecular complexity index is 572. The molecule has 4 nitrogen and oxygen atoms in total. The summed E-state index contributed by atoms with van der Waals surface area (Å²) in [6, 6.07) is 10.9. The number of carbonyl (C=O) groups is 1. The van der Waals surface area contributed by atoms with Crippen LogP contribution in [0.4, 0.5) is 0 Å². The number of nitriles is 1. The van der Waals surface area contributed by atoms with Crippen LogP contribution in [-0.4, -0.2) is 17.6 Å². The number of hydrogen-bond acceptors (Lipinski definition) is 4. The average Bonchev–Trinajstić information content (AvgIpc) is 2.35. The topological polar surface area (TPSA) is 63.0 Å². The summed E-state index contributed by atoms with van der Waals surface area (Å²) in [4.78, 5) is 15.6. The van der Waals surface area contributed by atoms with Gasteiger partial charge in [-0.25, -0.2) is 4.79 Å². The van der Waals surface area contributed by atoms with Crippen LogP contribution in [0, 0.1) is 11.3 Å². The minimum Gasteiger partial charge on any atom is -0.447 e. The Morgan fingerprint density at radius 2 is 2.25 bits per heavy atom. The van der Waals surface area contributed by atoms with Crippen molar-refractivity contribution >= 4 is 16.9 Å². The molecule has 0 atom stereocenters. The maximum absolute atomic E-state index is 11.4. The predicted molar refractivity (Wildman–Crippen MR) is 57.6 cm³/mol. The zero-order chi connectivity index (χ0) is 11.4. The summed E-state index contributed by atoms with van der Waals surface area (Å²) in [7, 11) is 0. The van der Waals surface area contributed by atoms with Gasteiger partial charge in [0.15, 0.2) is 6.61 Å². The third kappa shape index (κ3) is 1.98. The Morgan fingerprint density at radius 3 is 3.06 bits per heavy atom. The molecule has 16 heavy (non-hydrogen) atoms. The zero-order valence-electron chi connectivity index (χ0n) is 8.38. The minimum absolute atomic E-state index is 0.244. The van der Waals surface area contributed by atoms with Crippen molar-refractivity contribution in [1.29, 1.82) is 5.26 Å². The summed E-state index contributed by atoms with van der Waals surface area (Å²) in [6.45, 7) is -0.244. The van der Waals surface area contributed by atoms with Gasteiger partial charge in [0, 0.05) is 11.6 Å². The average molecular weight is 212 g/mol. The second kappa shape index (κ2) is 4.41. The molecule has 0 unspecified atom stereocenters. The van der Waals surface area contributed by atoms with Crippen LogP contribution in [0.15, 0.2) is 36.5 Å². The van der Waals surface area contributed by atoms with Crippen LogP contribution in [0.1, 0.15) is 10.4 Å². The van der Waals surface area contributed by atoms with E-state index >= 15 is 0 Å². The Kier molecular flexibility index (Phi) is 2.79. The molecule has 1 aromatic heterocycles. The van der Waals surface area contributed by atoms with Crippen molar-refractivity contribution in [3.05, 3.63) is 42.1 Å². The van der Waals surface area contributed by atoms with Crippen molar-refractivity contribution in [2.24, 2.45) is 0 Å². The Hall–Kier alpha value is -2.41. The first-order chi connectivity index (χ1) is 7.81. The molecular weight excluding hydrogens is 204 g/mol. The second-order valence-electron chi connectivity index (χ2n) is 3.15. The van der Waals surface area contributed by atoms with Crippen molar-refractivity contribution < 1.29 is 9.53 Å². The van der Waals surface area contributed by atoms with Crippen LogP contribution in [0.2, 0.25) is 0 Å². The van der Waals surface area contributed by atoms with Gasteiger partial charge in [-0.15, -0.1) is 0 Å². The number of hydrogen-bond donors (Lipinski definition) is 0. The van der Waals surface area contributed by atoms with Gasteiger partial charge in [0.05, 0.1) is 11.1 Å². The lowest BCUT2D eigenvalue weighted by Crippen LogP contribution is -2.05. The zero-order valence-corrected chi connectivity index (χ0v) is 8.38. The molecule has 0 spiro atoms. The third-order valence-electron chi connectivity index (χ3n) is 2.09. The maximum atomic E-state index is 11.4. The fraction of sp³-hybridized carbons (Fsp3) is 0.0833. The molecule has 1 heterocycles. The van der Waals surface area contributed by atoms with Gasteiger partial charge >= 0.3 is 5.97 Å². The lowest BCUT2D eigenvalue weighted by Gasteiger charge is -2.01. The van der Waals surface area contributed by atoms with E-state index in [0.717, 1.165) is 10.9 Å². The van der Waals surface area contributed by atoms with Crippen LogP contribution < -0.4 is 0 Å². The smallest absolute Gasteiger partial charge is 0.340 e. The SMILES string of the molecule is N#CCOC(=O)c1cnc2ccccc2c1. The van der Waals surface area contributed by atoms with E-state index in [9.17, 15) is 4.79 Å². The van der Waals surface area contributed by atoms with E-state index in [2.05, 4.69) is 9.72 Å². The molecule has 0 radical (unpaired) electrons. The highest BCUT2D eigenvalue weighted by molar-refractivity contribution is 5.93. The fourth-order valence-electron chi connectivity index (χ4n) is 1.36. The van der Waals surface area contributed by atoms with E-state index in [1.165, 1.54) is 6.20 Å². The first-order valence-electron chi connectivity index (χ1n) is 4.70. The molecule has 2 aromatic rings. The number of carbonyl (C=O) groups excluding carboxylic acids is 1. The summed E-state index contributed by atoms with van der Waals surface area (Å²) >= 11 is 0. The molecule has 0 N–H and O–H groups in total. The second-order valence-corrected chi connectivity index (χ2v) is 3.15. The lowest BCUT2D eigenvalue weighted by atomic mass is 10.1. The molecule has 78 valence electrons. The van der Waals surface area contributed by atoms with Crippen molar-refractivity contribution in [1.82, 2.24) is 4.98 Å². The van der Waals surface area contributed by atoms with E-state index in [1.54, 1.807) is 12.1 Å². The van der Waals surface area contributed by atoms with Crippen molar-refractivity contribution in [3.63, 3.8) is 0 Å².